The van der Waals surface area contributed by atoms with E-state index in [9.17, 15) is 4.79 Å². The van der Waals surface area contributed by atoms with Crippen molar-refractivity contribution in [3.05, 3.63) is 0 Å². The number of amidine groups is 1. The molecular weight excluding hydrogens is 166 g/mol. The van der Waals surface area contributed by atoms with E-state index in [0.717, 1.165) is 0 Å². The maximum atomic E-state index is 10.6. The van der Waals surface area contributed by atoms with Crippen LogP contribution in [0.15, 0.2) is 0 Å². The van der Waals surface area contributed by atoms with Crippen molar-refractivity contribution in [1.29, 1.82) is 5.41 Å². The lowest BCUT2D eigenvalue weighted by Crippen LogP contribution is -2.44. The molecule has 0 saturated heterocycles. The summed E-state index contributed by atoms with van der Waals surface area (Å²) in [6.07, 6.45) is 0. The lowest BCUT2D eigenvalue weighted by Gasteiger charge is -2.03. The van der Waals surface area contributed by atoms with Crippen LogP contribution in [0.25, 0.3) is 0 Å². The summed E-state index contributed by atoms with van der Waals surface area (Å²) in [7, 11) is 0. The van der Waals surface area contributed by atoms with E-state index < -0.39 is 6.03 Å². The Labute approximate surface area is 68.8 Å². The molecule has 0 heterocycles. The largest absolute Gasteiger partial charge is 0.386 e. The van der Waals surface area contributed by atoms with Crippen LogP contribution in [-0.2, 0) is 0 Å². The predicted octanol–water partition coefficient (Wildman–Crippen LogP) is -1.53. The fourth-order valence-electron chi connectivity index (χ4n) is 0.332. The molecule has 0 fully saturated rings. The quantitative estimate of drug-likeness (QED) is 0.199. The molecule has 2 amide bonds. The zero-order valence-electron chi connectivity index (χ0n) is 5.68. The van der Waals surface area contributed by atoms with E-state index in [2.05, 4.69) is 22.9 Å². The van der Waals surface area contributed by atoms with E-state index in [0.29, 0.717) is 0 Å². The van der Waals surface area contributed by atoms with Gasteiger partial charge in [-0.05, 0) is 12.2 Å². The van der Waals surface area contributed by atoms with Gasteiger partial charge in [-0.1, -0.05) is 0 Å². The van der Waals surface area contributed by atoms with Crippen LogP contribution in [0.2, 0.25) is 0 Å². The monoisotopic (exact) mass is 175 g/mol. The number of nitrogens with two attached hydrogens (primary N) is 2. The van der Waals surface area contributed by atoms with E-state index >= 15 is 0 Å². The number of hydrogen-bond acceptors (Lipinski definition) is 3. The van der Waals surface area contributed by atoms with Crippen LogP contribution in [0.1, 0.15) is 0 Å². The molecule has 0 aliphatic carbocycles. The third-order valence-electron chi connectivity index (χ3n) is 0.676. The number of amides is 2. The van der Waals surface area contributed by atoms with E-state index in [1.165, 1.54) is 0 Å². The Bertz CT molecular complexity index is 191. The lowest BCUT2D eigenvalue weighted by atomic mass is 10.6. The van der Waals surface area contributed by atoms with Crippen LogP contribution in [0, 0.1) is 5.41 Å². The number of nitrogens with one attached hydrogen (secondary N) is 3. The molecule has 0 spiro atoms. The van der Waals surface area contributed by atoms with Crippen molar-refractivity contribution in [1.82, 2.24) is 10.6 Å². The first kappa shape index (κ1) is 9.63. The molecule has 0 aromatic carbocycles. The fraction of sp³-hybridized carbons (Fsp3) is 0.250. The first-order valence-corrected chi connectivity index (χ1v) is 3.10. The summed E-state index contributed by atoms with van der Waals surface area (Å²) >= 11 is 4.37. The van der Waals surface area contributed by atoms with Gasteiger partial charge in [0.1, 0.15) is 5.84 Å². The van der Waals surface area contributed by atoms with Gasteiger partial charge >= 0.3 is 6.03 Å². The third kappa shape index (κ3) is 6.52. The summed E-state index contributed by atoms with van der Waals surface area (Å²) in [5.41, 5.74) is 9.92. The summed E-state index contributed by atoms with van der Waals surface area (Å²) in [6, 6.07) is -0.562. The molecule has 0 bridgehead atoms. The van der Waals surface area contributed by atoms with Crippen LogP contribution in [0.5, 0.6) is 0 Å². The molecule has 0 unspecified atom stereocenters. The molecule has 0 aliphatic rings. The zero-order valence-corrected chi connectivity index (χ0v) is 6.49. The number of rotatable bonds is 2. The minimum atomic E-state index is -0.562. The standard InChI is InChI=1S/C4H9N5OS/c5-2(6)1-8-4(10)9-3(7)11/h1H2,(H3,5,6)(H4,7,8,9,10,11). The Kier molecular flexibility index (Phi) is 3.89. The van der Waals surface area contributed by atoms with Crippen molar-refractivity contribution in [3.8, 4) is 0 Å². The van der Waals surface area contributed by atoms with Gasteiger partial charge in [-0.15, -0.1) is 0 Å². The molecule has 0 aromatic heterocycles. The maximum absolute atomic E-state index is 10.6. The summed E-state index contributed by atoms with van der Waals surface area (Å²) in [5.74, 6) is -0.136. The Morgan fingerprint density at radius 3 is 2.45 bits per heavy atom. The summed E-state index contributed by atoms with van der Waals surface area (Å²) < 4.78 is 0. The van der Waals surface area contributed by atoms with Crippen LogP contribution in [0.3, 0.4) is 0 Å². The van der Waals surface area contributed by atoms with Gasteiger partial charge in [0.25, 0.3) is 0 Å². The molecule has 0 rings (SSSR count). The van der Waals surface area contributed by atoms with E-state index in [1.54, 1.807) is 0 Å². The topological polar surface area (TPSA) is 117 Å². The third-order valence-corrected chi connectivity index (χ3v) is 0.778. The Balaban J connectivity index is 3.53. The van der Waals surface area contributed by atoms with E-state index in [-0.39, 0.29) is 17.5 Å². The van der Waals surface area contributed by atoms with Crippen LogP contribution < -0.4 is 22.1 Å². The number of thiocarbonyl (C=S) groups is 1. The molecule has 6 nitrogen and oxygen atoms in total. The second-order valence-electron chi connectivity index (χ2n) is 1.70. The molecule has 11 heavy (non-hydrogen) atoms. The number of carbonyl (C=O) groups excluding carboxylic acids is 1. The van der Waals surface area contributed by atoms with Gasteiger partial charge in [0.05, 0.1) is 6.54 Å². The molecule has 0 aliphatic heterocycles. The normalized spacial score (nSPS) is 8.36. The highest BCUT2D eigenvalue weighted by molar-refractivity contribution is 7.80. The Hall–Kier alpha value is -1.37. The van der Waals surface area contributed by atoms with Crippen LogP contribution in [-0.4, -0.2) is 23.5 Å². The van der Waals surface area contributed by atoms with E-state index in [4.69, 9.17) is 16.9 Å². The fourth-order valence-corrected chi connectivity index (χ4v) is 0.424. The average molecular weight is 175 g/mol. The minimum Gasteiger partial charge on any atom is -0.386 e. The van der Waals surface area contributed by atoms with Crippen molar-refractivity contribution in [2.75, 3.05) is 6.54 Å². The van der Waals surface area contributed by atoms with Crippen molar-refractivity contribution < 1.29 is 4.79 Å². The van der Waals surface area contributed by atoms with Gasteiger partial charge < -0.3 is 16.8 Å². The first-order valence-electron chi connectivity index (χ1n) is 2.69. The van der Waals surface area contributed by atoms with Crippen molar-refractivity contribution in [3.63, 3.8) is 0 Å². The van der Waals surface area contributed by atoms with E-state index in [1.807, 2.05) is 0 Å². The summed E-state index contributed by atoms with van der Waals surface area (Å²) in [4.78, 5) is 10.6. The van der Waals surface area contributed by atoms with Gasteiger partial charge in [0.15, 0.2) is 5.11 Å². The van der Waals surface area contributed by atoms with Crippen molar-refractivity contribution in [2.24, 2.45) is 11.5 Å². The molecule has 62 valence electrons. The highest BCUT2D eigenvalue weighted by Gasteiger charge is 1.99. The number of carbonyl (C=O) groups is 1. The van der Waals surface area contributed by atoms with Crippen LogP contribution >= 0.6 is 12.2 Å². The summed E-state index contributed by atoms with van der Waals surface area (Å²) in [6.45, 7) is -0.0194. The molecular formula is C4H9N5OS. The average Bonchev–Trinajstić information content (AvgIpc) is 1.82. The molecule has 7 N–H and O–H groups in total. The molecule has 0 saturated carbocycles. The Morgan fingerprint density at radius 1 is 1.55 bits per heavy atom. The maximum Gasteiger partial charge on any atom is 0.321 e. The summed E-state index contributed by atoms with van der Waals surface area (Å²) in [5, 5.41) is 11.0. The SMILES string of the molecule is N=C(N)CNC(=O)NC(N)=S. The van der Waals surface area contributed by atoms with Gasteiger partial charge in [-0.25, -0.2) is 4.79 Å². The van der Waals surface area contributed by atoms with Crippen molar-refractivity contribution in [2.45, 2.75) is 0 Å². The van der Waals surface area contributed by atoms with Gasteiger partial charge in [0, 0.05) is 0 Å². The highest BCUT2D eigenvalue weighted by Crippen LogP contribution is 1.64. The van der Waals surface area contributed by atoms with Gasteiger partial charge in [-0.2, -0.15) is 0 Å². The smallest absolute Gasteiger partial charge is 0.321 e. The second kappa shape index (κ2) is 4.45. The molecule has 0 radical (unpaired) electrons. The number of hydrogen-bond donors (Lipinski definition) is 5. The van der Waals surface area contributed by atoms with Crippen molar-refractivity contribution >= 4 is 29.2 Å². The Morgan fingerprint density at radius 2 is 2.09 bits per heavy atom. The molecule has 0 atom stereocenters. The molecule has 7 heteroatoms. The minimum absolute atomic E-state index is 0.0194. The zero-order chi connectivity index (χ0) is 8.85. The molecule has 0 aromatic rings. The van der Waals surface area contributed by atoms with Gasteiger partial charge in [-0.3, -0.25) is 10.7 Å². The number of urea groups is 1. The lowest BCUT2D eigenvalue weighted by molar-refractivity contribution is 0.246. The first-order chi connectivity index (χ1) is 5.02. The second-order valence-corrected chi connectivity index (χ2v) is 2.14. The van der Waals surface area contributed by atoms with Gasteiger partial charge in [0.2, 0.25) is 0 Å². The van der Waals surface area contributed by atoms with Crippen LogP contribution in [0.4, 0.5) is 4.79 Å². The highest BCUT2D eigenvalue weighted by atomic mass is 32.1. The predicted molar refractivity (Wildman–Crippen MR) is 45.2 cm³/mol.